The van der Waals surface area contributed by atoms with E-state index >= 15 is 0 Å². The lowest BCUT2D eigenvalue weighted by molar-refractivity contribution is -0.119. The van der Waals surface area contributed by atoms with Crippen molar-refractivity contribution in [1.29, 1.82) is 0 Å². The largest absolute Gasteiger partial charge is 0.362 e. The molecular formula is C19H20F2N2O. The molecule has 1 aliphatic rings. The fraction of sp³-hybridized carbons (Fsp3) is 0.316. The predicted molar refractivity (Wildman–Crippen MR) is 89.8 cm³/mol. The number of rotatable bonds is 4. The quantitative estimate of drug-likeness (QED) is 0.931. The number of carbonyl (C=O) groups excluding carboxylic acids is 1. The van der Waals surface area contributed by atoms with Crippen molar-refractivity contribution in [3.63, 3.8) is 0 Å². The lowest BCUT2D eigenvalue weighted by Gasteiger charge is -2.24. The fourth-order valence-electron chi connectivity index (χ4n) is 3.04. The summed E-state index contributed by atoms with van der Waals surface area (Å²) in [5.41, 5.74) is 2.49. The first-order valence-electron chi connectivity index (χ1n) is 8.17. The van der Waals surface area contributed by atoms with Crippen molar-refractivity contribution < 1.29 is 13.6 Å². The first kappa shape index (κ1) is 16.4. The van der Waals surface area contributed by atoms with E-state index in [2.05, 4.69) is 16.3 Å². The first-order valence-corrected chi connectivity index (χ1v) is 8.17. The molecule has 0 radical (unpaired) electrons. The molecule has 24 heavy (non-hydrogen) atoms. The van der Waals surface area contributed by atoms with Gasteiger partial charge in [-0.1, -0.05) is 30.3 Å². The van der Waals surface area contributed by atoms with Crippen LogP contribution < -0.4 is 10.2 Å². The number of fused-ring (bicyclic) bond motifs is 1. The van der Waals surface area contributed by atoms with E-state index < -0.39 is 11.6 Å². The summed E-state index contributed by atoms with van der Waals surface area (Å²) < 4.78 is 26.8. The van der Waals surface area contributed by atoms with Gasteiger partial charge < -0.3 is 10.2 Å². The molecule has 2 aromatic carbocycles. The van der Waals surface area contributed by atoms with Gasteiger partial charge in [0.2, 0.25) is 5.91 Å². The van der Waals surface area contributed by atoms with Crippen molar-refractivity contribution in [2.45, 2.75) is 25.8 Å². The van der Waals surface area contributed by atoms with E-state index in [-0.39, 0.29) is 24.6 Å². The highest BCUT2D eigenvalue weighted by atomic mass is 19.2. The fourth-order valence-corrected chi connectivity index (χ4v) is 3.04. The lowest BCUT2D eigenvalue weighted by atomic mass is 10.1. The number of carbonyl (C=O) groups is 1. The van der Waals surface area contributed by atoms with E-state index in [1.165, 1.54) is 17.7 Å². The summed E-state index contributed by atoms with van der Waals surface area (Å²) in [6, 6.07) is 12.1. The Balaban J connectivity index is 1.64. The van der Waals surface area contributed by atoms with Crippen LogP contribution in [0.25, 0.3) is 0 Å². The Hall–Kier alpha value is -2.43. The average molecular weight is 330 g/mol. The van der Waals surface area contributed by atoms with Crippen LogP contribution in [0.2, 0.25) is 0 Å². The van der Waals surface area contributed by atoms with Crippen LogP contribution in [0.15, 0.2) is 42.5 Å². The topological polar surface area (TPSA) is 32.3 Å². The Morgan fingerprint density at radius 3 is 2.79 bits per heavy atom. The lowest BCUT2D eigenvalue weighted by Crippen LogP contribution is -2.37. The second kappa shape index (κ2) is 7.43. The Labute approximate surface area is 140 Å². The summed E-state index contributed by atoms with van der Waals surface area (Å²) >= 11 is 0. The number of amides is 1. The van der Waals surface area contributed by atoms with Crippen molar-refractivity contribution in [2.24, 2.45) is 0 Å². The molecule has 0 fully saturated rings. The van der Waals surface area contributed by atoms with E-state index in [0.29, 0.717) is 0 Å². The Morgan fingerprint density at radius 1 is 1.08 bits per heavy atom. The molecule has 2 aromatic rings. The van der Waals surface area contributed by atoms with Crippen LogP contribution in [0.4, 0.5) is 14.5 Å². The van der Waals surface area contributed by atoms with Crippen molar-refractivity contribution in [3.05, 3.63) is 65.2 Å². The third-order valence-electron chi connectivity index (χ3n) is 4.30. The Morgan fingerprint density at radius 2 is 1.92 bits per heavy atom. The average Bonchev–Trinajstić information content (AvgIpc) is 2.79. The maximum absolute atomic E-state index is 13.6. The summed E-state index contributed by atoms with van der Waals surface area (Å²) in [7, 11) is 0. The minimum atomic E-state index is -0.905. The second-order valence-corrected chi connectivity index (χ2v) is 6.00. The van der Waals surface area contributed by atoms with E-state index in [9.17, 15) is 13.6 Å². The van der Waals surface area contributed by atoms with Crippen LogP contribution in [0.3, 0.4) is 0 Å². The van der Waals surface area contributed by atoms with Gasteiger partial charge in [-0.25, -0.2) is 8.78 Å². The minimum Gasteiger partial charge on any atom is -0.362 e. The van der Waals surface area contributed by atoms with Gasteiger partial charge in [-0.3, -0.25) is 4.79 Å². The summed E-state index contributed by atoms with van der Waals surface area (Å²) in [6.45, 7) is 1.02. The van der Waals surface area contributed by atoms with Gasteiger partial charge in [-0.15, -0.1) is 0 Å². The van der Waals surface area contributed by atoms with Crippen molar-refractivity contribution in [1.82, 2.24) is 5.32 Å². The molecule has 3 nitrogen and oxygen atoms in total. The molecule has 1 N–H and O–H groups in total. The van der Waals surface area contributed by atoms with Crippen LogP contribution in [-0.4, -0.2) is 19.0 Å². The highest BCUT2D eigenvalue weighted by molar-refractivity contribution is 5.81. The number of para-hydroxylation sites is 1. The molecule has 0 saturated heterocycles. The maximum Gasteiger partial charge on any atom is 0.239 e. The molecule has 0 saturated carbocycles. The molecule has 0 spiro atoms. The number of nitrogens with one attached hydrogen (secondary N) is 1. The van der Waals surface area contributed by atoms with Crippen molar-refractivity contribution >= 4 is 11.6 Å². The molecule has 0 unspecified atom stereocenters. The molecule has 0 aromatic heterocycles. The standard InChI is InChI=1S/C19H20F2N2O/c20-16-9-5-8-15(19(16)21)12-22-18(24)13-23-11-4-3-7-14-6-1-2-10-17(14)23/h1-2,5-6,8-10H,3-4,7,11-13H2,(H,22,24). The Bertz CT molecular complexity index is 733. The molecular weight excluding hydrogens is 310 g/mol. The summed E-state index contributed by atoms with van der Waals surface area (Å²) in [5.74, 6) is -2.00. The number of hydrogen-bond acceptors (Lipinski definition) is 2. The van der Waals surface area contributed by atoms with Crippen LogP contribution in [0.1, 0.15) is 24.0 Å². The molecule has 0 bridgehead atoms. The van der Waals surface area contributed by atoms with Gasteiger partial charge in [0.15, 0.2) is 11.6 Å². The van der Waals surface area contributed by atoms with Crippen LogP contribution in [0, 0.1) is 11.6 Å². The van der Waals surface area contributed by atoms with Crippen LogP contribution in [0.5, 0.6) is 0 Å². The van der Waals surface area contributed by atoms with Gasteiger partial charge in [-0.05, 0) is 37.0 Å². The highest BCUT2D eigenvalue weighted by Gasteiger charge is 2.17. The molecule has 1 amide bonds. The number of halogens is 2. The zero-order chi connectivity index (χ0) is 16.9. The molecule has 3 rings (SSSR count). The first-order chi connectivity index (χ1) is 11.6. The van der Waals surface area contributed by atoms with Gasteiger partial charge in [-0.2, -0.15) is 0 Å². The monoisotopic (exact) mass is 330 g/mol. The number of hydrogen-bond donors (Lipinski definition) is 1. The number of benzene rings is 2. The number of anilines is 1. The van der Waals surface area contributed by atoms with E-state index in [1.807, 2.05) is 18.2 Å². The highest BCUT2D eigenvalue weighted by Crippen LogP contribution is 2.25. The molecule has 5 heteroatoms. The zero-order valence-electron chi connectivity index (χ0n) is 13.4. The van der Waals surface area contributed by atoms with E-state index in [4.69, 9.17) is 0 Å². The number of nitrogens with zero attached hydrogens (tertiary/aromatic N) is 1. The van der Waals surface area contributed by atoms with E-state index in [1.54, 1.807) is 0 Å². The van der Waals surface area contributed by atoms with Gasteiger partial charge in [0.05, 0.1) is 6.54 Å². The van der Waals surface area contributed by atoms with Crippen molar-refractivity contribution in [3.8, 4) is 0 Å². The number of aryl methyl sites for hydroxylation is 1. The van der Waals surface area contributed by atoms with Gasteiger partial charge in [0, 0.05) is 24.3 Å². The third kappa shape index (κ3) is 3.72. The molecule has 0 atom stereocenters. The van der Waals surface area contributed by atoms with Gasteiger partial charge in [0.1, 0.15) is 0 Å². The Kier molecular flexibility index (Phi) is 5.08. The summed E-state index contributed by atoms with van der Waals surface area (Å²) in [4.78, 5) is 14.3. The SMILES string of the molecule is O=C(CN1CCCCc2ccccc21)NCc1cccc(F)c1F. The zero-order valence-corrected chi connectivity index (χ0v) is 13.4. The predicted octanol–water partition coefficient (Wildman–Crippen LogP) is 3.42. The maximum atomic E-state index is 13.6. The van der Waals surface area contributed by atoms with Crippen molar-refractivity contribution in [2.75, 3.05) is 18.0 Å². The summed E-state index contributed by atoms with van der Waals surface area (Å²) in [6.07, 6.45) is 3.15. The van der Waals surface area contributed by atoms with Crippen LogP contribution in [-0.2, 0) is 17.8 Å². The van der Waals surface area contributed by atoms with Gasteiger partial charge in [0.25, 0.3) is 0 Å². The summed E-state index contributed by atoms with van der Waals surface area (Å²) in [5, 5.41) is 2.68. The smallest absolute Gasteiger partial charge is 0.239 e. The minimum absolute atomic E-state index is 0.0160. The second-order valence-electron chi connectivity index (χ2n) is 6.00. The molecule has 0 aliphatic carbocycles. The molecule has 1 heterocycles. The van der Waals surface area contributed by atoms with Crippen LogP contribution >= 0.6 is 0 Å². The normalized spacial score (nSPS) is 14.0. The third-order valence-corrected chi connectivity index (χ3v) is 4.30. The van der Waals surface area contributed by atoms with Gasteiger partial charge >= 0.3 is 0 Å². The molecule has 126 valence electrons. The molecule has 1 aliphatic heterocycles. The van der Waals surface area contributed by atoms with E-state index in [0.717, 1.165) is 37.6 Å².